The molecule has 0 aliphatic heterocycles. The van der Waals surface area contributed by atoms with Gasteiger partial charge in [0, 0.05) is 11.9 Å². The van der Waals surface area contributed by atoms with Gasteiger partial charge in [-0.1, -0.05) is 20.4 Å². The third-order valence-electron chi connectivity index (χ3n) is 1.11. The van der Waals surface area contributed by atoms with Crippen LogP contribution in [-0.2, 0) is 0 Å². The van der Waals surface area contributed by atoms with Gasteiger partial charge in [0.1, 0.15) is 6.34 Å². The van der Waals surface area contributed by atoms with E-state index in [0.29, 0.717) is 5.92 Å². The second-order valence-electron chi connectivity index (χ2n) is 2.30. The Morgan fingerprint density at radius 2 is 2.10 bits per heavy atom. The van der Waals surface area contributed by atoms with Crippen LogP contribution in [-0.4, -0.2) is 12.6 Å². The number of allylic oxidation sites excluding steroid dienone is 1. The van der Waals surface area contributed by atoms with Gasteiger partial charge in [0.25, 0.3) is 0 Å². The van der Waals surface area contributed by atoms with Gasteiger partial charge in [0.05, 0.1) is 0 Å². The van der Waals surface area contributed by atoms with E-state index in [9.17, 15) is 0 Å². The molecule has 10 heavy (non-hydrogen) atoms. The standard InChI is InChI=1S/C8H14N2/c1-5-9-6-10-8(4)7(2)3/h5-7H,4H2,1-3H3. The molecule has 0 atom stereocenters. The van der Waals surface area contributed by atoms with Gasteiger partial charge < -0.3 is 0 Å². The average molecular weight is 138 g/mol. The first-order chi connectivity index (χ1) is 4.68. The van der Waals surface area contributed by atoms with Gasteiger partial charge in [-0.3, -0.25) is 0 Å². The van der Waals surface area contributed by atoms with Gasteiger partial charge in [-0.05, 0) is 12.8 Å². The minimum Gasteiger partial charge on any atom is -0.250 e. The third-order valence-corrected chi connectivity index (χ3v) is 1.11. The lowest BCUT2D eigenvalue weighted by Gasteiger charge is -1.99. The molecule has 0 aliphatic carbocycles. The van der Waals surface area contributed by atoms with Crippen LogP contribution in [0, 0.1) is 5.92 Å². The minimum absolute atomic E-state index is 0.406. The zero-order valence-electron chi connectivity index (χ0n) is 6.83. The SMILES string of the molecule is C=C(N=CN=CC)C(C)C. The molecular formula is C8H14N2. The van der Waals surface area contributed by atoms with E-state index in [0.717, 1.165) is 5.70 Å². The molecule has 0 aromatic carbocycles. The van der Waals surface area contributed by atoms with Crippen molar-refractivity contribution in [3.8, 4) is 0 Å². The first-order valence-electron chi connectivity index (χ1n) is 3.37. The summed E-state index contributed by atoms with van der Waals surface area (Å²) in [6.07, 6.45) is 3.21. The summed E-state index contributed by atoms with van der Waals surface area (Å²) in [6, 6.07) is 0. The molecule has 0 fully saturated rings. The molecule has 0 aromatic rings. The van der Waals surface area contributed by atoms with E-state index in [-0.39, 0.29) is 0 Å². The maximum absolute atomic E-state index is 4.00. The van der Waals surface area contributed by atoms with Crippen LogP contribution in [0.4, 0.5) is 0 Å². The Morgan fingerprint density at radius 3 is 2.50 bits per heavy atom. The predicted molar refractivity (Wildman–Crippen MR) is 46.6 cm³/mol. The molecule has 0 spiro atoms. The van der Waals surface area contributed by atoms with Crippen molar-refractivity contribution in [3.63, 3.8) is 0 Å². The fourth-order valence-electron chi connectivity index (χ4n) is 0.323. The normalized spacial score (nSPS) is 12.0. The molecule has 0 aromatic heterocycles. The summed E-state index contributed by atoms with van der Waals surface area (Å²) in [6.45, 7) is 9.71. The first kappa shape index (κ1) is 9.08. The molecule has 0 saturated heterocycles. The van der Waals surface area contributed by atoms with E-state index in [4.69, 9.17) is 0 Å². The second-order valence-corrected chi connectivity index (χ2v) is 2.30. The van der Waals surface area contributed by atoms with Crippen molar-refractivity contribution >= 4 is 12.6 Å². The van der Waals surface area contributed by atoms with Crippen molar-refractivity contribution in [2.24, 2.45) is 15.9 Å². The lowest BCUT2D eigenvalue weighted by atomic mass is 10.2. The average Bonchev–Trinajstić information content (AvgIpc) is 1.88. The Hall–Kier alpha value is -0.920. The summed E-state index contributed by atoms with van der Waals surface area (Å²) in [5, 5.41) is 0. The van der Waals surface area contributed by atoms with E-state index in [1.807, 2.05) is 6.92 Å². The summed E-state index contributed by atoms with van der Waals surface area (Å²) in [5.74, 6) is 0.406. The highest BCUT2D eigenvalue weighted by Crippen LogP contribution is 2.05. The topological polar surface area (TPSA) is 24.7 Å². The Labute approximate surface area is 62.4 Å². The van der Waals surface area contributed by atoms with Crippen molar-refractivity contribution in [2.75, 3.05) is 0 Å². The van der Waals surface area contributed by atoms with Gasteiger partial charge in [-0.15, -0.1) is 0 Å². The molecule has 0 heterocycles. The van der Waals surface area contributed by atoms with Crippen LogP contribution in [0.1, 0.15) is 20.8 Å². The first-order valence-corrected chi connectivity index (χ1v) is 3.37. The summed E-state index contributed by atoms with van der Waals surface area (Å²) < 4.78 is 0. The maximum atomic E-state index is 4.00. The Bertz CT molecular complexity index is 155. The molecule has 0 N–H and O–H groups in total. The quantitative estimate of drug-likeness (QED) is 0.422. The monoisotopic (exact) mass is 138 g/mol. The fraction of sp³-hybridized carbons (Fsp3) is 0.500. The molecule has 2 nitrogen and oxygen atoms in total. The third kappa shape index (κ3) is 4.01. The summed E-state index contributed by atoms with van der Waals surface area (Å²) >= 11 is 0. The summed E-state index contributed by atoms with van der Waals surface area (Å²) in [7, 11) is 0. The van der Waals surface area contributed by atoms with Crippen LogP contribution in [0.15, 0.2) is 22.3 Å². The molecule has 2 heteroatoms. The second kappa shape index (κ2) is 4.91. The molecule has 0 saturated carbocycles. The van der Waals surface area contributed by atoms with E-state index in [2.05, 4.69) is 30.4 Å². The predicted octanol–water partition coefficient (Wildman–Crippen LogP) is 2.28. The van der Waals surface area contributed by atoms with Gasteiger partial charge in [-0.25, -0.2) is 9.98 Å². The van der Waals surface area contributed by atoms with Crippen molar-refractivity contribution in [1.82, 2.24) is 0 Å². The summed E-state index contributed by atoms with van der Waals surface area (Å²) in [4.78, 5) is 7.81. The smallest absolute Gasteiger partial charge is 0.115 e. The van der Waals surface area contributed by atoms with Crippen LogP contribution in [0.25, 0.3) is 0 Å². The molecule has 0 rings (SSSR count). The van der Waals surface area contributed by atoms with Crippen LogP contribution in [0.3, 0.4) is 0 Å². The van der Waals surface area contributed by atoms with E-state index >= 15 is 0 Å². The number of nitrogens with zero attached hydrogens (tertiary/aromatic N) is 2. The fourth-order valence-corrected chi connectivity index (χ4v) is 0.323. The largest absolute Gasteiger partial charge is 0.250 e. The lowest BCUT2D eigenvalue weighted by Crippen LogP contribution is -1.87. The Balaban J connectivity index is 3.78. The van der Waals surface area contributed by atoms with Crippen molar-refractivity contribution in [3.05, 3.63) is 12.3 Å². The zero-order chi connectivity index (χ0) is 7.98. The van der Waals surface area contributed by atoms with E-state index in [1.54, 1.807) is 6.21 Å². The van der Waals surface area contributed by atoms with Crippen LogP contribution in [0.2, 0.25) is 0 Å². The zero-order valence-corrected chi connectivity index (χ0v) is 6.83. The highest BCUT2D eigenvalue weighted by Gasteiger charge is 1.93. The minimum atomic E-state index is 0.406. The molecule has 0 unspecified atom stereocenters. The molecule has 56 valence electrons. The number of rotatable bonds is 3. The Kier molecular flexibility index (Phi) is 4.46. The van der Waals surface area contributed by atoms with Gasteiger partial charge in [0.2, 0.25) is 0 Å². The number of aliphatic imine (C=N–C) groups is 2. The van der Waals surface area contributed by atoms with Crippen molar-refractivity contribution < 1.29 is 0 Å². The van der Waals surface area contributed by atoms with Gasteiger partial charge >= 0.3 is 0 Å². The number of hydrogen-bond acceptors (Lipinski definition) is 1. The van der Waals surface area contributed by atoms with Crippen molar-refractivity contribution in [2.45, 2.75) is 20.8 Å². The molecular weight excluding hydrogens is 124 g/mol. The van der Waals surface area contributed by atoms with Crippen molar-refractivity contribution in [1.29, 1.82) is 0 Å². The highest BCUT2D eigenvalue weighted by atomic mass is 14.9. The number of hydrogen-bond donors (Lipinski definition) is 0. The molecule has 0 amide bonds. The maximum Gasteiger partial charge on any atom is 0.115 e. The van der Waals surface area contributed by atoms with E-state index < -0.39 is 0 Å². The Morgan fingerprint density at radius 1 is 1.50 bits per heavy atom. The van der Waals surface area contributed by atoms with Crippen LogP contribution < -0.4 is 0 Å². The summed E-state index contributed by atoms with van der Waals surface area (Å²) in [5.41, 5.74) is 0.866. The van der Waals surface area contributed by atoms with Gasteiger partial charge in [0.15, 0.2) is 0 Å². The lowest BCUT2D eigenvalue weighted by molar-refractivity contribution is 0.763. The van der Waals surface area contributed by atoms with Gasteiger partial charge in [-0.2, -0.15) is 0 Å². The molecule has 0 radical (unpaired) electrons. The molecule has 0 bridgehead atoms. The van der Waals surface area contributed by atoms with E-state index in [1.165, 1.54) is 6.34 Å². The van der Waals surface area contributed by atoms with Crippen LogP contribution >= 0.6 is 0 Å². The van der Waals surface area contributed by atoms with Crippen LogP contribution in [0.5, 0.6) is 0 Å². The highest BCUT2D eigenvalue weighted by molar-refractivity contribution is 5.71. The molecule has 0 aliphatic rings.